The van der Waals surface area contributed by atoms with E-state index in [1.165, 1.54) is 17.7 Å². The fourth-order valence-electron chi connectivity index (χ4n) is 5.06. The Morgan fingerprint density at radius 2 is 1.88 bits per heavy atom. The molecule has 0 spiro atoms. The van der Waals surface area contributed by atoms with Crippen molar-refractivity contribution in [1.82, 2.24) is 15.3 Å². The van der Waals surface area contributed by atoms with Crippen LogP contribution in [0.4, 0.5) is 10.7 Å². The molecule has 2 aromatic rings. The molecule has 1 aromatic carbocycles. The standard InChI is InChI=1S/C26H34N4O2/c1-17-13-16-30(17)23-27-21-8-5-7-20(21)22(28-23)18-9-11-19(12-10-18)26(14-6-15-26)29-24(31)32-25(2,3)4/h9-12,17H,5-8,13-16H2,1-4H3,(H,29,31)/t17-/m0/s1. The van der Waals surface area contributed by atoms with Crippen LogP contribution in [0, 0.1) is 0 Å². The van der Waals surface area contributed by atoms with Crippen molar-refractivity contribution < 1.29 is 9.53 Å². The number of rotatable bonds is 4. The lowest BCUT2D eigenvalue weighted by Gasteiger charge is -2.43. The molecule has 1 saturated heterocycles. The van der Waals surface area contributed by atoms with Gasteiger partial charge in [-0.25, -0.2) is 14.8 Å². The smallest absolute Gasteiger partial charge is 0.408 e. The molecule has 0 bridgehead atoms. The third-order valence-corrected chi connectivity index (χ3v) is 7.16. The summed E-state index contributed by atoms with van der Waals surface area (Å²) < 4.78 is 5.52. The van der Waals surface area contributed by atoms with E-state index < -0.39 is 5.60 Å². The molecule has 6 heteroatoms. The van der Waals surface area contributed by atoms with Crippen molar-refractivity contribution in [2.45, 2.75) is 89.8 Å². The maximum Gasteiger partial charge on any atom is 0.408 e. The molecule has 1 saturated carbocycles. The minimum Gasteiger partial charge on any atom is -0.444 e. The van der Waals surface area contributed by atoms with Crippen LogP contribution in [0.25, 0.3) is 11.3 Å². The lowest BCUT2D eigenvalue weighted by Crippen LogP contribution is -2.52. The molecule has 2 heterocycles. The van der Waals surface area contributed by atoms with E-state index in [1.807, 2.05) is 20.8 Å². The first-order chi connectivity index (χ1) is 15.2. The number of anilines is 1. The Bertz CT molecular complexity index is 1020. The monoisotopic (exact) mass is 434 g/mol. The summed E-state index contributed by atoms with van der Waals surface area (Å²) in [6.45, 7) is 8.96. The molecule has 2 fully saturated rings. The second-order valence-corrected chi connectivity index (χ2v) is 10.6. The van der Waals surface area contributed by atoms with Gasteiger partial charge < -0.3 is 15.0 Å². The van der Waals surface area contributed by atoms with Crippen LogP contribution in [-0.2, 0) is 23.1 Å². The van der Waals surface area contributed by atoms with Gasteiger partial charge in [-0.1, -0.05) is 24.3 Å². The van der Waals surface area contributed by atoms with Crippen LogP contribution in [-0.4, -0.2) is 34.2 Å². The fourth-order valence-corrected chi connectivity index (χ4v) is 5.06. The van der Waals surface area contributed by atoms with Crippen LogP contribution in [0.5, 0.6) is 0 Å². The minimum atomic E-state index is -0.502. The molecule has 1 aromatic heterocycles. The molecule has 5 rings (SSSR count). The van der Waals surface area contributed by atoms with Crippen LogP contribution in [0.1, 0.15) is 76.6 Å². The first-order valence-electron chi connectivity index (χ1n) is 12.0. The number of hydrogen-bond acceptors (Lipinski definition) is 5. The number of alkyl carbamates (subject to hydrolysis) is 1. The van der Waals surface area contributed by atoms with Crippen LogP contribution in [0.3, 0.4) is 0 Å². The lowest BCUT2D eigenvalue weighted by molar-refractivity contribution is 0.0377. The van der Waals surface area contributed by atoms with Gasteiger partial charge in [0.15, 0.2) is 0 Å². The highest BCUT2D eigenvalue weighted by atomic mass is 16.6. The van der Waals surface area contributed by atoms with Gasteiger partial charge in [0.2, 0.25) is 5.95 Å². The molecule has 0 unspecified atom stereocenters. The number of aromatic nitrogens is 2. The fraction of sp³-hybridized carbons (Fsp3) is 0.577. The Balaban J connectivity index is 1.42. The molecule has 1 N–H and O–H groups in total. The highest BCUT2D eigenvalue weighted by Gasteiger charge is 2.41. The number of nitrogens with one attached hydrogen (secondary N) is 1. The number of hydrogen-bond donors (Lipinski definition) is 1. The van der Waals surface area contributed by atoms with Crippen LogP contribution >= 0.6 is 0 Å². The van der Waals surface area contributed by atoms with Gasteiger partial charge in [-0.3, -0.25) is 0 Å². The van der Waals surface area contributed by atoms with E-state index in [4.69, 9.17) is 14.7 Å². The number of amides is 1. The summed E-state index contributed by atoms with van der Waals surface area (Å²) in [5, 5.41) is 3.15. The van der Waals surface area contributed by atoms with Crippen molar-refractivity contribution in [2.75, 3.05) is 11.4 Å². The van der Waals surface area contributed by atoms with Crippen LogP contribution in [0.15, 0.2) is 24.3 Å². The molecule has 6 nitrogen and oxygen atoms in total. The maximum absolute atomic E-state index is 12.5. The van der Waals surface area contributed by atoms with Gasteiger partial charge in [0.25, 0.3) is 0 Å². The van der Waals surface area contributed by atoms with Crippen molar-refractivity contribution in [2.24, 2.45) is 0 Å². The summed E-state index contributed by atoms with van der Waals surface area (Å²) in [5.41, 5.74) is 5.05. The number of carbonyl (C=O) groups is 1. The number of nitrogens with zero attached hydrogens (tertiary/aromatic N) is 3. The number of benzene rings is 1. The summed E-state index contributed by atoms with van der Waals surface area (Å²) in [4.78, 5) is 24.7. The first kappa shape index (κ1) is 21.2. The van der Waals surface area contributed by atoms with E-state index in [-0.39, 0.29) is 11.6 Å². The van der Waals surface area contributed by atoms with Crippen molar-refractivity contribution in [3.05, 3.63) is 41.1 Å². The molecule has 170 valence electrons. The Kier molecular flexibility index (Phi) is 5.14. The third kappa shape index (κ3) is 3.84. The van der Waals surface area contributed by atoms with Gasteiger partial charge >= 0.3 is 6.09 Å². The van der Waals surface area contributed by atoms with Gasteiger partial charge in [-0.2, -0.15) is 0 Å². The van der Waals surface area contributed by atoms with Gasteiger partial charge in [0.1, 0.15) is 5.60 Å². The van der Waals surface area contributed by atoms with Gasteiger partial charge in [-0.15, -0.1) is 0 Å². The predicted molar refractivity (Wildman–Crippen MR) is 126 cm³/mol. The zero-order valence-electron chi connectivity index (χ0n) is 19.7. The third-order valence-electron chi connectivity index (χ3n) is 7.16. The average Bonchev–Trinajstić information content (AvgIpc) is 3.16. The summed E-state index contributed by atoms with van der Waals surface area (Å²) >= 11 is 0. The molecule has 32 heavy (non-hydrogen) atoms. The van der Waals surface area contributed by atoms with E-state index in [2.05, 4.69) is 41.4 Å². The zero-order chi connectivity index (χ0) is 22.5. The largest absolute Gasteiger partial charge is 0.444 e. The minimum absolute atomic E-state index is 0.327. The Hall–Kier alpha value is -2.63. The van der Waals surface area contributed by atoms with Gasteiger partial charge in [0, 0.05) is 29.4 Å². The number of carbonyl (C=O) groups excluding carboxylic acids is 1. The summed E-state index contributed by atoms with van der Waals surface area (Å²) in [5.74, 6) is 0.880. The van der Waals surface area contributed by atoms with E-state index >= 15 is 0 Å². The van der Waals surface area contributed by atoms with E-state index in [1.54, 1.807) is 0 Å². The Labute approximate surface area is 190 Å². The molecule has 2 aliphatic carbocycles. The molecule has 3 aliphatic rings. The van der Waals surface area contributed by atoms with Crippen LogP contribution < -0.4 is 10.2 Å². The molecule has 1 amide bonds. The number of aryl methyl sites for hydroxylation is 1. The molecular formula is C26H34N4O2. The second-order valence-electron chi connectivity index (χ2n) is 10.6. The molecule has 1 atom stereocenters. The topological polar surface area (TPSA) is 67.4 Å². The van der Waals surface area contributed by atoms with Crippen molar-refractivity contribution >= 4 is 12.0 Å². The summed E-state index contributed by atoms with van der Waals surface area (Å²) in [6.07, 6.45) is 7.08. The lowest BCUT2D eigenvalue weighted by atomic mass is 9.71. The van der Waals surface area contributed by atoms with Gasteiger partial charge in [-0.05, 0) is 78.2 Å². The maximum atomic E-state index is 12.5. The van der Waals surface area contributed by atoms with E-state index in [0.29, 0.717) is 6.04 Å². The van der Waals surface area contributed by atoms with Crippen molar-refractivity contribution in [3.8, 4) is 11.3 Å². The van der Waals surface area contributed by atoms with E-state index in [9.17, 15) is 4.79 Å². The SMILES string of the molecule is C[C@H]1CCN1c1nc2c(c(-c3ccc(C4(NC(=O)OC(C)(C)C)CCC4)cc3)n1)CCC2. The predicted octanol–water partition coefficient (Wildman–Crippen LogP) is 5.13. The highest BCUT2D eigenvalue weighted by molar-refractivity contribution is 5.70. The molecule has 0 radical (unpaired) electrons. The Morgan fingerprint density at radius 1 is 1.12 bits per heavy atom. The quantitative estimate of drug-likeness (QED) is 0.722. The zero-order valence-corrected chi connectivity index (χ0v) is 19.7. The van der Waals surface area contributed by atoms with E-state index in [0.717, 1.165) is 67.8 Å². The average molecular weight is 435 g/mol. The summed E-state index contributed by atoms with van der Waals surface area (Å²) in [6, 6.07) is 9.15. The number of ether oxygens (including phenoxy) is 1. The van der Waals surface area contributed by atoms with Crippen LogP contribution in [0.2, 0.25) is 0 Å². The highest BCUT2D eigenvalue weighted by Crippen LogP contribution is 2.42. The first-order valence-corrected chi connectivity index (χ1v) is 12.0. The van der Waals surface area contributed by atoms with Crippen molar-refractivity contribution in [3.63, 3.8) is 0 Å². The normalized spacial score (nSPS) is 21.4. The second kappa shape index (κ2) is 7.75. The Morgan fingerprint density at radius 3 is 2.44 bits per heavy atom. The van der Waals surface area contributed by atoms with Gasteiger partial charge in [0.05, 0.1) is 11.2 Å². The molecular weight excluding hydrogens is 400 g/mol. The number of fused-ring (bicyclic) bond motifs is 1. The summed E-state index contributed by atoms with van der Waals surface area (Å²) in [7, 11) is 0. The van der Waals surface area contributed by atoms with Crippen molar-refractivity contribution in [1.29, 1.82) is 0 Å². The molecule has 1 aliphatic heterocycles.